The number of fused-ring (bicyclic) bond motifs is 1. The van der Waals surface area contributed by atoms with E-state index in [0.29, 0.717) is 22.9 Å². The van der Waals surface area contributed by atoms with Crippen molar-refractivity contribution in [3.05, 3.63) is 84.4 Å². The van der Waals surface area contributed by atoms with Gasteiger partial charge in [-0.05, 0) is 54.1 Å². The standard InChI is InChI=1S/C27H26N2O6/c1-33-20-12-8-18(9-13-20)28-22-23(25(27(28)32)35-16-17-6-4-3-5-7-17)29(26(31)24(22)30)19-10-14-21(34-2)15-11-19/h3-15,22-25,30H,16H2,1-2H3/t22-,23-,24+,25+/m0/s1. The largest absolute Gasteiger partial charge is 0.497 e. The summed E-state index contributed by atoms with van der Waals surface area (Å²) < 4.78 is 16.6. The Morgan fingerprint density at radius 1 is 0.714 bits per heavy atom. The van der Waals surface area contributed by atoms with Crippen molar-refractivity contribution in [1.82, 2.24) is 0 Å². The Hall–Kier alpha value is -3.88. The number of ether oxygens (including phenoxy) is 3. The highest BCUT2D eigenvalue weighted by Crippen LogP contribution is 2.41. The van der Waals surface area contributed by atoms with E-state index in [2.05, 4.69) is 0 Å². The zero-order valence-electron chi connectivity index (χ0n) is 19.4. The maximum absolute atomic E-state index is 13.7. The molecule has 2 aliphatic rings. The van der Waals surface area contributed by atoms with Crippen LogP contribution in [0.3, 0.4) is 0 Å². The molecule has 2 saturated heterocycles. The number of aliphatic hydroxyl groups is 1. The highest BCUT2D eigenvalue weighted by molar-refractivity contribution is 6.10. The van der Waals surface area contributed by atoms with E-state index in [0.717, 1.165) is 5.56 Å². The van der Waals surface area contributed by atoms with Gasteiger partial charge in [0.25, 0.3) is 11.8 Å². The van der Waals surface area contributed by atoms with E-state index in [1.165, 1.54) is 9.80 Å². The molecule has 2 amide bonds. The van der Waals surface area contributed by atoms with Crippen LogP contribution in [0.5, 0.6) is 11.5 Å². The molecule has 3 aromatic rings. The fraction of sp³-hybridized carbons (Fsp3) is 0.259. The topological polar surface area (TPSA) is 88.5 Å². The molecule has 4 atom stereocenters. The highest BCUT2D eigenvalue weighted by atomic mass is 16.5. The van der Waals surface area contributed by atoms with Gasteiger partial charge in [0.15, 0.2) is 12.2 Å². The summed E-state index contributed by atoms with van der Waals surface area (Å²) in [6, 6.07) is 21.9. The van der Waals surface area contributed by atoms with Gasteiger partial charge in [-0.3, -0.25) is 9.59 Å². The summed E-state index contributed by atoms with van der Waals surface area (Å²) in [5, 5.41) is 11.1. The van der Waals surface area contributed by atoms with Crippen molar-refractivity contribution in [3.63, 3.8) is 0 Å². The SMILES string of the molecule is COc1ccc(N2C(=O)[C@H](OCc3ccccc3)[C@@H]3[C@H]2[C@@H](O)C(=O)N3c2ccc(OC)cc2)cc1. The normalized spacial score (nSPS) is 23.5. The van der Waals surface area contributed by atoms with E-state index in [4.69, 9.17) is 14.2 Å². The molecule has 2 aliphatic heterocycles. The maximum atomic E-state index is 13.7. The monoisotopic (exact) mass is 474 g/mol. The molecule has 180 valence electrons. The molecule has 0 spiro atoms. The van der Waals surface area contributed by atoms with Crippen LogP contribution in [0.2, 0.25) is 0 Å². The Morgan fingerprint density at radius 3 is 1.74 bits per heavy atom. The Balaban J connectivity index is 1.54. The molecule has 2 fully saturated rings. The number of amides is 2. The van der Waals surface area contributed by atoms with Crippen LogP contribution in [-0.2, 0) is 20.9 Å². The van der Waals surface area contributed by atoms with Crippen molar-refractivity contribution in [1.29, 1.82) is 0 Å². The first-order chi connectivity index (χ1) is 17.0. The third-order valence-electron chi connectivity index (χ3n) is 6.52. The molecule has 2 heterocycles. The summed E-state index contributed by atoms with van der Waals surface area (Å²) in [7, 11) is 3.12. The van der Waals surface area contributed by atoms with E-state index >= 15 is 0 Å². The van der Waals surface area contributed by atoms with Crippen molar-refractivity contribution >= 4 is 23.2 Å². The molecule has 3 aromatic carbocycles. The third-order valence-corrected chi connectivity index (χ3v) is 6.52. The van der Waals surface area contributed by atoms with E-state index < -0.39 is 30.2 Å². The van der Waals surface area contributed by atoms with Crippen LogP contribution in [0.25, 0.3) is 0 Å². The van der Waals surface area contributed by atoms with Gasteiger partial charge in [-0.25, -0.2) is 0 Å². The number of nitrogens with zero attached hydrogens (tertiary/aromatic N) is 2. The van der Waals surface area contributed by atoms with Gasteiger partial charge in [0.05, 0.1) is 32.9 Å². The predicted molar refractivity (Wildman–Crippen MR) is 130 cm³/mol. The quantitative estimate of drug-likeness (QED) is 0.567. The lowest BCUT2D eigenvalue weighted by atomic mass is 10.1. The Bertz CT molecular complexity index is 1150. The molecule has 0 aliphatic carbocycles. The zero-order chi connectivity index (χ0) is 24.5. The fourth-order valence-corrected chi connectivity index (χ4v) is 4.83. The number of hydrogen-bond donors (Lipinski definition) is 1. The van der Waals surface area contributed by atoms with Crippen LogP contribution in [0.15, 0.2) is 78.9 Å². The summed E-state index contributed by atoms with van der Waals surface area (Å²) in [4.78, 5) is 30.0. The van der Waals surface area contributed by atoms with E-state index in [1.54, 1.807) is 62.8 Å². The van der Waals surface area contributed by atoms with Crippen molar-refractivity contribution in [2.75, 3.05) is 24.0 Å². The van der Waals surface area contributed by atoms with Crippen molar-refractivity contribution in [2.45, 2.75) is 30.9 Å². The molecule has 1 N–H and O–H groups in total. The van der Waals surface area contributed by atoms with Crippen molar-refractivity contribution in [3.8, 4) is 11.5 Å². The molecule has 0 radical (unpaired) electrons. The second-order valence-electron chi connectivity index (χ2n) is 8.46. The maximum Gasteiger partial charge on any atom is 0.258 e. The van der Waals surface area contributed by atoms with Gasteiger partial charge < -0.3 is 29.1 Å². The molecule has 5 rings (SSSR count). The first-order valence-electron chi connectivity index (χ1n) is 11.3. The molecule has 0 unspecified atom stereocenters. The number of benzene rings is 3. The summed E-state index contributed by atoms with van der Waals surface area (Å²) in [6.45, 7) is 0.192. The number of methoxy groups -OCH3 is 2. The van der Waals surface area contributed by atoms with Gasteiger partial charge >= 0.3 is 0 Å². The molecule has 8 heteroatoms. The van der Waals surface area contributed by atoms with Gasteiger partial charge in [-0.15, -0.1) is 0 Å². The fourth-order valence-electron chi connectivity index (χ4n) is 4.83. The molecular weight excluding hydrogens is 448 g/mol. The van der Waals surface area contributed by atoms with Crippen molar-refractivity contribution < 1.29 is 28.9 Å². The number of rotatable bonds is 7. The number of carbonyl (C=O) groups excluding carboxylic acids is 2. The lowest BCUT2D eigenvalue weighted by molar-refractivity contribution is -0.130. The van der Waals surface area contributed by atoms with Crippen LogP contribution in [0.1, 0.15) is 5.56 Å². The third kappa shape index (κ3) is 4.00. The molecule has 35 heavy (non-hydrogen) atoms. The Labute approximate surface area is 203 Å². The summed E-state index contributed by atoms with van der Waals surface area (Å²) in [5.74, 6) is 0.476. The molecule has 8 nitrogen and oxygen atoms in total. The van der Waals surface area contributed by atoms with Crippen LogP contribution < -0.4 is 19.3 Å². The van der Waals surface area contributed by atoms with Crippen LogP contribution >= 0.6 is 0 Å². The minimum absolute atomic E-state index is 0.192. The zero-order valence-corrected chi connectivity index (χ0v) is 19.4. The smallest absolute Gasteiger partial charge is 0.258 e. The molecule has 0 bridgehead atoms. The van der Waals surface area contributed by atoms with Crippen molar-refractivity contribution in [2.24, 2.45) is 0 Å². The van der Waals surface area contributed by atoms with Crippen LogP contribution in [0, 0.1) is 0 Å². The Kier molecular flexibility index (Phi) is 6.15. The summed E-state index contributed by atoms with van der Waals surface area (Å²) in [6.07, 6.45) is -2.37. The second kappa shape index (κ2) is 9.40. The van der Waals surface area contributed by atoms with E-state index in [9.17, 15) is 14.7 Å². The van der Waals surface area contributed by atoms with E-state index in [-0.39, 0.29) is 12.5 Å². The number of carbonyl (C=O) groups is 2. The number of anilines is 2. The predicted octanol–water partition coefficient (Wildman–Crippen LogP) is 2.78. The van der Waals surface area contributed by atoms with Crippen LogP contribution in [0.4, 0.5) is 11.4 Å². The molecular formula is C27H26N2O6. The first kappa shape index (κ1) is 22.9. The molecule has 0 aromatic heterocycles. The molecule has 0 saturated carbocycles. The minimum Gasteiger partial charge on any atom is -0.497 e. The van der Waals surface area contributed by atoms with E-state index in [1.807, 2.05) is 30.3 Å². The number of hydrogen-bond acceptors (Lipinski definition) is 6. The lowest BCUT2D eigenvalue weighted by Gasteiger charge is -2.27. The van der Waals surface area contributed by atoms with Gasteiger partial charge in [0.2, 0.25) is 0 Å². The average molecular weight is 475 g/mol. The Morgan fingerprint density at radius 2 is 1.23 bits per heavy atom. The lowest BCUT2D eigenvalue weighted by Crippen LogP contribution is -2.45. The average Bonchev–Trinajstić information content (AvgIpc) is 3.32. The summed E-state index contributed by atoms with van der Waals surface area (Å²) in [5.41, 5.74) is 2.01. The van der Waals surface area contributed by atoms with Gasteiger partial charge in [0.1, 0.15) is 11.5 Å². The second-order valence-corrected chi connectivity index (χ2v) is 8.46. The number of aliphatic hydroxyl groups excluding tert-OH is 1. The highest BCUT2D eigenvalue weighted by Gasteiger charge is 2.62. The first-order valence-corrected chi connectivity index (χ1v) is 11.3. The van der Waals surface area contributed by atoms with Gasteiger partial charge in [-0.1, -0.05) is 30.3 Å². The van der Waals surface area contributed by atoms with Gasteiger partial charge in [0, 0.05) is 11.4 Å². The van der Waals surface area contributed by atoms with Gasteiger partial charge in [-0.2, -0.15) is 0 Å². The van der Waals surface area contributed by atoms with Crippen LogP contribution in [-0.4, -0.2) is 55.4 Å². The summed E-state index contributed by atoms with van der Waals surface area (Å²) >= 11 is 0. The minimum atomic E-state index is -1.40.